The third-order valence-electron chi connectivity index (χ3n) is 0.881. The maximum Gasteiger partial charge on any atom is 0.223 e. The lowest BCUT2D eigenvalue weighted by Gasteiger charge is -1.96. The minimum atomic E-state index is -0.304. The van der Waals surface area contributed by atoms with Gasteiger partial charge in [-0.3, -0.25) is 10.1 Å². The molecule has 1 amide bonds. The lowest BCUT2D eigenvalue weighted by molar-refractivity contribution is -0.117. The van der Waals surface area contributed by atoms with E-state index in [0.717, 1.165) is 0 Å². The summed E-state index contributed by atoms with van der Waals surface area (Å²) in [7, 11) is 0. The Kier molecular flexibility index (Phi) is 4.85. The first kappa shape index (κ1) is 11.1. The van der Waals surface area contributed by atoms with Crippen LogP contribution in [-0.2, 0) is 4.79 Å². The van der Waals surface area contributed by atoms with Gasteiger partial charge in [-0.2, -0.15) is 10.2 Å². The number of rotatable bonds is 2. The number of hydrogen-bond acceptors (Lipinski definition) is 5. The normalized spacial score (nSPS) is 13.4. The molecule has 0 aliphatic carbocycles. The number of nitrogens with one attached hydrogen (secondary N) is 1. The Morgan fingerprint density at radius 1 is 1.38 bits per heavy atom. The van der Waals surface area contributed by atoms with Crippen molar-refractivity contribution in [2.75, 3.05) is 0 Å². The summed E-state index contributed by atoms with van der Waals surface area (Å²) in [6.07, 6.45) is 1.31. The summed E-state index contributed by atoms with van der Waals surface area (Å²) < 4.78 is 0. The van der Waals surface area contributed by atoms with Gasteiger partial charge in [-0.05, 0) is 6.92 Å². The molecule has 0 bridgehead atoms. The molecule has 0 unspecified atom stereocenters. The maximum atomic E-state index is 10.5. The molecule has 0 fully saturated rings. The number of carbonyl (C=O) groups excluding carboxylic acids is 1. The van der Waals surface area contributed by atoms with Gasteiger partial charge in [0.2, 0.25) is 11.9 Å². The predicted octanol–water partition coefficient (Wildman–Crippen LogP) is -1.24. The molecule has 0 spiro atoms. The first-order chi connectivity index (χ1) is 6.06. The Morgan fingerprint density at radius 2 is 2.00 bits per heavy atom. The van der Waals surface area contributed by atoms with Crippen molar-refractivity contribution in [1.29, 1.82) is 0 Å². The molecule has 5 N–H and O–H groups in total. The summed E-state index contributed by atoms with van der Waals surface area (Å²) in [5, 5.41) is 12.6. The maximum absolute atomic E-state index is 10.5. The summed E-state index contributed by atoms with van der Waals surface area (Å²) in [5.74, 6) is 4.48. The molecule has 72 valence electrons. The van der Waals surface area contributed by atoms with Crippen LogP contribution in [0.1, 0.15) is 13.8 Å². The number of guanidine groups is 1. The quantitative estimate of drug-likeness (QED) is 0.215. The highest BCUT2D eigenvalue weighted by Gasteiger charge is 1.92. The zero-order valence-corrected chi connectivity index (χ0v) is 7.48. The van der Waals surface area contributed by atoms with E-state index in [1.165, 1.54) is 13.1 Å². The molecular weight excluding hydrogens is 172 g/mol. The highest BCUT2D eigenvalue weighted by molar-refractivity contribution is 6.29. The van der Waals surface area contributed by atoms with Crippen molar-refractivity contribution in [3.05, 3.63) is 0 Å². The number of hydrazone groups is 1. The van der Waals surface area contributed by atoms with Crippen LogP contribution in [0, 0.1) is 0 Å². The van der Waals surface area contributed by atoms with Crippen LogP contribution in [0.4, 0.5) is 0 Å². The van der Waals surface area contributed by atoms with E-state index in [0.29, 0.717) is 5.71 Å². The SMILES string of the molecule is CC(=O)N/C(N)=N/N=C(C)/C=N\N. The minimum absolute atomic E-state index is 0.0720. The molecule has 0 aliphatic rings. The molecule has 0 aliphatic heterocycles. The van der Waals surface area contributed by atoms with Crippen LogP contribution in [0.15, 0.2) is 15.3 Å². The van der Waals surface area contributed by atoms with Gasteiger partial charge in [0.15, 0.2) is 0 Å². The molecule has 0 aromatic carbocycles. The fraction of sp³-hybridized carbons (Fsp3) is 0.333. The predicted molar refractivity (Wildman–Crippen MR) is 51.2 cm³/mol. The van der Waals surface area contributed by atoms with Crippen LogP contribution in [0.5, 0.6) is 0 Å². The van der Waals surface area contributed by atoms with E-state index in [1.54, 1.807) is 6.92 Å². The van der Waals surface area contributed by atoms with Gasteiger partial charge in [-0.15, -0.1) is 5.10 Å². The van der Waals surface area contributed by atoms with Crippen molar-refractivity contribution in [2.24, 2.45) is 26.9 Å². The first-order valence-electron chi connectivity index (χ1n) is 3.45. The molecule has 0 aromatic rings. The van der Waals surface area contributed by atoms with Gasteiger partial charge in [0, 0.05) is 6.92 Å². The van der Waals surface area contributed by atoms with Crippen LogP contribution < -0.4 is 16.9 Å². The second-order valence-electron chi connectivity index (χ2n) is 2.19. The molecule has 0 heterocycles. The van der Waals surface area contributed by atoms with Crippen LogP contribution in [0.25, 0.3) is 0 Å². The number of carbonyl (C=O) groups is 1. The van der Waals surface area contributed by atoms with Crippen molar-refractivity contribution in [3.63, 3.8) is 0 Å². The Hall–Kier alpha value is -1.92. The second kappa shape index (κ2) is 5.70. The number of hydrogen-bond donors (Lipinski definition) is 3. The molecule has 0 radical (unpaired) electrons. The molecular formula is C6H12N6O. The number of amides is 1. The van der Waals surface area contributed by atoms with E-state index in [4.69, 9.17) is 11.6 Å². The lowest BCUT2D eigenvalue weighted by atomic mass is 10.5. The second-order valence-corrected chi connectivity index (χ2v) is 2.19. The van der Waals surface area contributed by atoms with Crippen LogP contribution >= 0.6 is 0 Å². The highest BCUT2D eigenvalue weighted by Crippen LogP contribution is 1.75. The fourth-order valence-corrected chi connectivity index (χ4v) is 0.472. The summed E-state index contributed by atoms with van der Waals surface area (Å²) >= 11 is 0. The topological polar surface area (TPSA) is 118 Å². The monoisotopic (exact) mass is 184 g/mol. The molecule has 0 aromatic heterocycles. The third kappa shape index (κ3) is 6.48. The summed E-state index contributed by atoms with van der Waals surface area (Å²) in [5.41, 5.74) is 5.74. The van der Waals surface area contributed by atoms with Crippen LogP contribution in [0.3, 0.4) is 0 Å². The van der Waals surface area contributed by atoms with Gasteiger partial charge < -0.3 is 11.6 Å². The van der Waals surface area contributed by atoms with Crippen LogP contribution in [-0.4, -0.2) is 23.8 Å². The lowest BCUT2D eigenvalue weighted by Crippen LogP contribution is -2.34. The average molecular weight is 184 g/mol. The zero-order valence-electron chi connectivity index (χ0n) is 7.48. The van der Waals surface area contributed by atoms with Gasteiger partial charge in [-0.25, -0.2) is 0 Å². The standard InChI is InChI=1S/C6H12N6O/c1-4(3-9-8)11-12-6(7)10-5(2)13/h3H,8H2,1-2H3,(H3,7,10,12,13)/b9-3-,11-4+. The molecule has 0 saturated carbocycles. The van der Waals surface area contributed by atoms with Crippen molar-refractivity contribution >= 4 is 23.8 Å². The number of nitrogens with two attached hydrogens (primary N) is 2. The van der Waals surface area contributed by atoms with E-state index >= 15 is 0 Å². The van der Waals surface area contributed by atoms with Crippen molar-refractivity contribution in [2.45, 2.75) is 13.8 Å². The molecule has 7 heteroatoms. The van der Waals surface area contributed by atoms with Crippen molar-refractivity contribution in [1.82, 2.24) is 5.32 Å². The van der Waals surface area contributed by atoms with Crippen molar-refractivity contribution < 1.29 is 4.79 Å². The van der Waals surface area contributed by atoms with E-state index in [9.17, 15) is 4.79 Å². The minimum Gasteiger partial charge on any atom is -0.368 e. The van der Waals surface area contributed by atoms with Gasteiger partial charge in [0.05, 0.1) is 11.9 Å². The van der Waals surface area contributed by atoms with Gasteiger partial charge in [-0.1, -0.05) is 0 Å². The average Bonchev–Trinajstić information content (AvgIpc) is 2.00. The molecule has 0 atom stereocenters. The molecule has 13 heavy (non-hydrogen) atoms. The van der Waals surface area contributed by atoms with E-state index in [2.05, 4.69) is 20.6 Å². The fourth-order valence-electron chi connectivity index (χ4n) is 0.472. The van der Waals surface area contributed by atoms with Crippen molar-refractivity contribution in [3.8, 4) is 0 Å². The molecule has 7 nitrogen and oxygen atoms in total. The third-order valence-corrected chi connectivity index (χ3v) is 0.881. The smallest absolute Gasteiger partial charge is 0.223 e. The van der Waals surface area contributed by atoms with Gasteiger partial charge in [0.1, 0.15) is 0 Å². The summed E-state index contributed by atoms with van der Waals surface area (Å²) in [6.45, 7) is 2.96. The summed E-state index contributed by atoms with van der Waals surface area (Å²) in [4.78, 5) is 10.5. The van der Waals surface area contributed by atoms with Crippen LogP contribution in [0.2, 0.25) is 0 Å². The molecule has 0 saturated heterocycles. The van der Waals surface area contributed by atoms with E-state index in [-0.39, 0.29) is 11.9 Å². The Morgan fingerprint density at radius 3 is 2.46 bits per heavy atom. The molecule has 0 rings (SSSR count). The van der Waals surface area contributed by atoms with Gasteiger partial charge >= 0.3 is 0 Å². The van der Waals surface area contributed by atoms with E-state index in [1.807, 2.05) is 0 Å². The Balaban J connectivity index is 4.24. The number of nitrogens with zero attached hydrogens (tertiary/aromatic N) is 3. The summed E-state index contributed by atoms with van der Waals surface area (Å²) in [6, 6.07) is 0. The Labute approximate surface area is 75.6 Å². The van der Waals surface area contributed by atoms with Gasteiger partial charge in [0.25, 0.3) is 0 Å². The highest BCUT2D eigenvalue weighted by atomic mass is 16.1. The van der Waals surface area contributed by atoms with E-state index < -0.39 is 0 Å². The zero-order chi connectivity index (χ0) is 10.3. The largest absolute Gasteiger partial charge is 0.368 e. The first-order valence-corrected chi connectivity index (χ1v) is 3.45. The Bertz CT molecular complexity index is 266.